The van der Waals surface area contributed by atoms with Crippen molar-refractivity contribution < 1.29 is 18.0 Å². The van der Waals surface area contributed by atoms with Gasteiger partial charge in [0.15, 0.2) is 17.2 Å². The molecule has 6 heteroatoms. The lowest BCUT2D eigenvalue weighted by molar-refractivity contribution is -0.111. The van der Waals surface area contributed by atoms with Gasteiger partial charge in [-0.25, -0.2) is 13.8 Å². The maximum absolute atomic E-state index is 13.0. The van der Waals surface area contributed by atoms with Gasteiger partial charge in [0.2, 0.25) is 11.8 Å². The number of hydrogen-bond acceptors (Lipinski definition) is 3. The number of para-hydroxylation sites is 2. The highest BCUT2D eigenvalue weighted by atomic mass is 19.2. The summed E-state index contributed by atoms with van der Waals surface area (Å²) in [5.41, 5.74) is 1.46. The first-order valence-electron chi connectivity index (χ1n) is 6.41. The van der Waals surface area contributed by atoms with Crippen LogP contribution in [0, 0.1) is 11.6 Å². The first kappa shape index (κ1) is 13.9. The number of nitrogens with zero attached hydrogens (tertiary/aromatic N) is 1. The van der Waals surface area contributed by atoms with Gasteiger partial charge >= 0.3 is 0 Å². The summed E-state index contributed by atoms with van der Waals surface area (Å²) in [6, 6.07) is 10.3. The van der Waals surface area contributed by atoms with E-state index in [0.717, 1.165) is 12.1 Å². The minimum Gasteiger partial charge on any atom is -0.437 e. The Morgan fingerprint density at radius 1 is 1.14 bits per heavy atom. The van der Waals surface area contributed by atoms with Crippen LogP contribution in [0.4, 0.5) is 14.5 Å². The third-order valence-electron chi connectivity index (χ3n) is 2.87. The molecule has 1 N–H and O–H groups in total. The van der Waals surface area contributed by atoms with E-state index >= 15 is 0 Å². The molecule has 0 spiro atoms. The number of carbonyl (C=O) groups excluding carboxylic acids is 1. The number of carbonyl (C=O) groups is 1. The van der Waals surface area contributed by atoms with Crippen LogP contribution in [-0.2, 0) is 4.79 Å². The van der Waals surface area contributed by atoms with Gasteiger partial charge in [-0.3, -0.25) is 4.79 Å². The fourth-order valence-corrected chi connectivity index (χ4v) is 1.87. The maximum atomic E-state index is 13.0. The van der Waals surface area contributed by atoms with Gasteiger partial charge in [-0.2, -0.15) is 0 Å². The van der Waals surface area contributed by atoms with Gasteiger partial charge < -0.3 is 9.73 Å². The Morgan fingerprint density at radius 3 is 2.73 bits per heavy atom. The number of rotatable bonds is 3. The van der Waals surface area contributed by atoms with E-state index in [4.69, 9.17) is 4.42 Å². The molecule has 0 saturated heterocycles. The Labute approximate surface area is 124 Å². The van der Waals surface area contributed by atoms with Crippen LogP contribution in [0.5, 0.6) is 0 Å². The first-order valence-corrected chi connectivity index (χ1v) is 6.41. The Morgan fingerprint density at radius 2 is 1.95 bits per heavy atom. The average molecular weight is 300 g/mol. The highest BCUT2D eigenvalue weighted by Gasteiger charge is 2.05. The second-order valence-electron chi connectivity index (χ2n) is 4.47. The van der Waals surface area contributed by atoms with Crippen molar-refractivity contribution in [3.05, 3.63) is 66.1 Å². The lowest BCUT2D eigenvalue weighted by Crippen LogP contribution is -2.08. The molecule has 0 saturated carbocycles. The molecule has 3 aromatic rings. The standard InChI is InChI=1S/C16H10F2N2O2/c17-11-6-5-10(9-12(11)18)19-15(21)7-8-16-20-13-3-1-2-4-14(13)22-16/h1-9H,(H,19,21)/b8-7+. The summed E-state index contributed by atoms with van der Waals surface area (Å²) in [5.74, 6) is -2.23. The number of anilines is 1. The Balaban J connectivity index is 1.71. The van der Waals surface area contributed by atoms with Crippen LogP contribution in [0.2, 0.25) is 0 Å². The van der Waals surface area contributed by atoms with Crippen molar-refractivity contribution in [2.75, 3.05) is 5.32 Å². The molecule has 2 aromatic carbocycles. The van der Waals surface area contributed by atoms with Crippen LogP contribution in [0.15, 0.2) is 53.0 Å². The van der Waals surface area contributed by atoms with Crippen molar-refractivity contribution >= 4 is 28.8 Å². The molecule has 4 nitrogen and oxygen atoms in total. The molecule has 0 aliphatic rings. The van der Waals surface area contributed by atoms with Gasteiger partial charge in [-0.05, 0) is 24.3 Å². The molecular weight excluding hydrogens is 290 g/mol. The third-order valence-corrected chi connectivity index (χ3v) is 2.87. The number of benzene rings is 2. The number of nitrogens with one attached hydrogen (secondary N) is 1. The van der Waals surface area contributed by atoms with Gasteiger partial charge in [0.25, 0.3) is 0 Å². The Hall–Kier alpha value is -3.02. The van der Waals surface area contributed by atoms with Gasteiger partial charge in [-0.1, -0.05) is 12.1 Å². The van der Waals surface area contributed by atoms with Crippen LogP contribution < -0.4 is 5.32 Å². The second kappa shape index (κ2) is 5.77. The van der Waals surface area contributed by atoms with Gasteiger partial charge in [0.05, 0.1) is 0 Å². The fourth-order valence-electron chi connectivity index (χ4n) is 1.87. The van der Waals surface area contributed by atoms with Crippen LogP contribution in [0.25, 0.3) is 17.2 Å². The Bertz CT molecular complexity index is 838. The molecule has 22 heavy (non-hydrogen) atoms. The topological polar surface area (TPSA) is 55.1 Å². The van der Waals surface area contributed by atoms with Crippen LogP contribution in [0.1, 0.15) is 5.89 Å². The van der Waals surface area contributed by atoms with Crippen molar-refractivity contribution in [2.24, 2.45) is 0 Å². The molecule has 0 unspecified atom stereocenters. The number of amides is 1. The maximum Gasteiger partial charge on any atom is 0.248 e. The number of aromatic nitrogens is 1. The van der Waals surface area contributed by atoms with Crippen LogP contribution in [-0.4, -0.2) is 10.9 Å². The molecule has 0 radical (unpaired) electrons. The predicted octanol–water partition coefficient (Wildman–Crippen LogP) is 3.76. The molecule has 0 aliphatic heterocycles. The minimum absolute atomic E-state index is 0.158. The second-order valence-corrected chi connectivity index (χ2v) is 4.47. The number of oxazole rings is 1. The van der Waals surface area contributed by atoms with E-state index < -0.39 is 17.5 Å². The predicted molar refractivity (Wildman–Crippen MR) is 78.0 cm³/mol. The number of halogens is 2. The largest absolute Gasteiger partial charge is 0.437 e. The van der Waals surface area contributed by atoms with Crippen molar-refractivity contribution in [3.63, 3.8) is 0 Å². The zero-order valence-electron chi connectivity index (χ0n) is 11.2. The van der Waals surface area contributed by atoms with E-state index in [1.54, 1.807) is 12.1 Å². The fraction of sp³-hybridized carbons (Fsp3) is 0. The zero-order chi connectivity index (χ0) is 15.5. The van der Waals surface area contributed by atoms with E-state index in [2.05, 4.69) is 10.3 Å². The van der Waals surface area contributed by atoms with Crippen LogP contribution >= 0.6 is 0 Å². The van der Waals surface area contributed by atoms with Crippen molar-refractivity contribution in [1.82, 2.24) is 4.98 Å². The van der Waals surface area contributed by atoms with E-state index in [-0.39, 0.29) is 11.6 Å². The van der Waals surface area contributed by atoms with Crippen molar-refractivity contribution in [1.29, 1.82) is 0 Å². The quantitative estimate of drug-likeness (QED) is 0.749. The highest BCUT2D eigenvalue weighted by Crippen LogP contribution is 2.16. The lowest BCUT2D eigenvalue weighted by atomic mass is 10.3. The molecule has 1 aromatic heterocycles. The van der Waals surface area contributed by atoms with Crippen molar-refractivity contribution in [2.45, 2.75) is 0 Å². The van der Waals surface area contributed by atoms with Gasteiger partial charge in [0, 0.05) is 23.9 Å². The molecule has 0 atom stereocenters. The smallest absolute Gasteiger partial charge is 0.248 e. The molecule has 0 fully saturated rings. The third kappa shape index (κ3) is 3.01. The lowest BCUT2D eigenvalue weighted by Gasteiger charge is -2.01. The summed E-state index contributed by atoms with van der Waals surface area (Å²) in [6.07, 6.45) is 2.60. The van der Waals surface area contributed by atoms with E-state index in [0.29, 0.717) is 11.1 Å². The molecular formula is C16H10F2N2O2. The van der Waals surface area contributed by atoms with E-state index in [1.807, 2.05) is 12.1 Å². The molecule has 0 aliphatic carbocycles. The van der Waals surface area contributed by atoms with Crippen molar-refractivity contribution in [3.8, 4) is 0 Å². The summed E-state index contributed by atoms with van der Waals surface area (Å²) in [7, 11) is 0. The first-order chi connectivity index (χ1) is 10.6. The van der Waals surface area contributed by atoms with Gasteiger partial charge in [0.1, 0.15) is 5.52 Å². The Kier molecular flexibility index (Phi) is 3.65. The summed E-state index contributed by atoms with van der Waals surface area (Å²) < 4.78 is 31.2. The summed E-state index contributed by atoms with van der Waals surface area (Å²) in [6.45, 7) is 0. The summed E-state index contributed by atoms with van der Waals surface area (Å²) in [4.78, 5) is 15.9. The number of hydrogen-bond donors (Lipinski definition) is 1. The summed E-state index contributed by atoms with van der Waals surface area (Å²) in [5, 5.41) is 2.41. The molecule has 3 rings (SSSR count). The molecule has 0 bridgehead atoms. The van der Waals surface area contributed by atoms with Crippen LogP contribution in [0.3, 0.4) is 0 Å². The summed E-state index contributed by atoms with van der Waals surface area (Å²) >= 11 is 0. The highest BCUT2D eigenvalue weighted by molar-refractivity contribution is 6.01. The zero-order valence-corrected chi connectivity index (χ0v) is 11.2. The number of fused-ring (bicyclic) bond motifs is 1. The monoisotopic (exact) mass is 300 g/mol. The van der Waals surface area contributed by atoms with E-state index in [1.165, 1.54) is 18.2 Å². The average Bonchev–Trinajstić information content (AvgIpc) is 2.92. The SMILES string of the molecule is O=C(/C=C/c1nc2ccccc2o1)Nc1ccc(F)c(F)c1. The van der Waals surface area contributed by atoms with Gasteiger partial charge in [-0.15, -0.1) is 0 Å². The molecule has 110 valence electrons. The molecule has 1 amide bonds. The minimum atomic E-state index is -1.03. The normalized spacial score (nSPS) is 11.2. The molecule has 1 heterocycles. The van der Waals surface area contributed by atoms with E-state index in [9.17, 15) is 13.6 Å².